The molecule has 3 aromatic rings. The third-order valence-electron chi connectivity index (χ3n) is 3.23. The summed E-state index contributed by atoms with van der Waals surface area (Å²) in [5.74, 6) is -0.763. The highest BCUT2D eigenvalue weighted by atomic mass is 19.1. The van der Waals surface area contributed by atoms with Crippen LogP contribution in [0.15, 0.2) is 48.7 Å². The van der Waals surface area contributed by atoms with Crippen LogP contribution >= 0.6 is 0 Å². The number of anilines is 3. The Morgan fingerprint density at radius 3 is 2.50 bits per heavy atom. The van der Waals surface area contributed by atoms with Crippen molar-refractivity contribution in [2.45, 2.75) is 13.5 Å². The van der Waals surface area contributed by atoms with Gasteiger partial charge in [-0.15, -0.1) is 0 Å². The lowest BCUT2D eigenvalue weighted by Gasteiger charge is -2.11. The largest absolute Gasteiger partial charge is 0.364 e. The van der Waals surface area contributed by atoms with Gasteiger partial charge in [0.25, 0.3) is 0 Å². The van der Waals surface area contributed by atoms with Crippen LogP contribution in [-0.4, -0.2) is 15.0 Å². The maximum Gasteiger partial charge on any atom is 0.229 e. The first kappa shape index (κ1) is 15.8. The van der Waals surface area contributed by atoms with Crippen LogP contribution in [-0.2, 0) is 6.54 Å². The maximum atomic E-state index is 13.7. The highest BCUT2D eigenvalue weighted by Crippen LogP contribution is 2.22. The van der Waals surface area contributed by atoms with Crippen molar-refractivity contribution in [2.75, 3.05) is 10.6 Å². The number of hydrogen-bond acceptors (Lipinski definition) is 5. The summed E-state index contributed by atoms with van der Waals surface area (Å²) >= 11 is 0. The van der Waals surface area contributed by atoms with E-state index in [-0.39, 0.29) is 11.6 Å². The van der Waals surface area contributed by atoms with Crippen molar-refractivity contribution in [1.82, 2.24) is 15.0 Å². The van der Waals surface area contributed by atoms with E-state index in [1.807, 2.05) is 18.2 Å². The third-order valence-corrected chi connectivity index (χ3v) is 3.23. The fourth-order valence-electron chi connectivity index (χ4n) is 2.13. The summed E-state index contributed by atoms with van der Waals surface area (Å²) in [6.45, 7) is 2.25. The van der Waals surface area contributed by atoms with E-state index >= 15 is 0 Å². The zero-order valence-corrected chi connectivity index (χ0v) is 12.9. The van der Waals surface area contributed by atoms with Gasteiger partial charge in [0.1, 0.15) is 23.1 Å². The molecule has 0 aliphatic heterocycles. The Morgan fingerprint density at radius 2 is 1.79 bits per heavy atom. The van der Waals surface area contributed by atoms with Gasteiger partial charge in [0, 0.05) is 18.0 Å². The molecule has 0 aliphatic carbocycles. The summed E-state index contributed by atoms with van der Waals surface area (Å²) in [6.07, 6.45) is 1.70. The first-order chi connectivity index (χ1) is 11.6. The van der Waals surface area contributed by atoms with E-state index in [9.17, 15) is 8.78 Å². The molecule has 1 aromatic carbocycles. The fraction of sp³-hybridized carbons (Fsp3) is 0.118. The summed E-state index contributed by atoms with van der Waals surface area (Å²) in [5, 5.41) is 5.71. The number of halogens is 2. The van der Waals surface area contributed by atoms with E-state index in [2.05, 4.69) is 25.6 Å². The second-order valence-corrected chi connectivity index (χ2v) is 5.11. The van der Waals surface area contributed by atoms with Crippen LogP contribution in [0.2, 0.25) is 0 Å². The summed E-state index contributed by atoms with van der Waals surface area (Å²) < 4.78 is 27.4. The van der Waals surface area contributed by atoms with Crippen molar-refractivity contribution in [2.24, 2.45) is 0 Å². The van der Waals surface area contributed by atoms with Crippen molar-refractivity contribution < 1.29 is 8.78 Å². The van der Waals surface area contributed by atoms with Crippen molar-refractivity contribution in [1.29, 1.82) is 0 Å². The first-order valence-electron chi connectivity index (χ1n) is 7.32. The Kier molecular flexibility index (Phi) is 4.60. The summed E-state index contributed by atoms with van der Waals surface area (Å²) in [6, 6.07) is 11.0. The Hall–Kier alpha value is -3.09. The topological polar surface area (TPSA) is 62.7 Å². The number of aromatic nitrogens is 3. The number of rotatable bonds is 5. The quantitative estimate of drug-likeness (QED) is 0.746. The monoisotopic (exact) mass is 327 g/mol. The molecule has 0 spiro atoms. The second-order valence-electron chi connectivity index (χ2n) is 5.11. The van der Waals surface area contributed by atoms with Gasteiger partial charge >= 0.3 is 0 Å². The van der Waals surface area contributed by atoms with Crippen LogP contribution in [0.4, 0.5) is 26.2 Å². The van der Waals surface area contributed by atoms with Gasteiger partial charge in [-0.25, -0.2) is 13.8 Å². The van der Waals surface area contributed by atoms with E-state index in [4.69, 9.17) is 0 Å². The smallest absolute Gasteiger partial charge is 0.229 e. The van der Waals surface area contributed by atoms with E-state index in [1.165, 1.54) is 18.2 Å². The van der Waals surface area contributed by atoms with Crippen LogP contribution in [0, 0.1) is 18.6 Å². The van der Waals surface area contributed by atoms with Gasteiger partial charge in [0.2, 0.25) is 5.95 Å². The molecule has 2 N–H and O–H groups in total. The number of para-hydroxylation sites is 1. The summed E-state index contributed by atoms with van der Waals surface area (Å²) in [7, 11) is 0. The minimum Gasteiger partial charge on any atom is -0.364 e. The molecule has 7 heteroatoms. The van der Waals surface area contributed by atoms with Gasteiger partial charge in [-0.3, -0.25) is 4.98 Å². The first-order valence-corrected chi connectivity index (χ1v) is 7.32. The molecule has 3 rings (SSSR count). The number of hydrogen-bond donors (Lipinski definition) is 2. The van der Waals surface area contributed by atoms with Crippen molar-refractivity contribution in [3.63, 3.8) is 0 Å². The van der Waals surface area contributed by atoms with Gasteiger partial charge in [-0.2, -0.15) is 4.98 Å². The highest BCUT2D eigenvalue weighted by molar-refractivity contribution is 5.56. The van der Waals surface area contributed by atoms with E-state index < -0.39 is 11.6 Å². The molecule has 0 radical (unpaired) electrons. The number of nitrogens with zero attached hydrogens (tertiary/aromatic N) is 3. The summed E-state index contributed by atoms with van der Waals surface area (Å²) in [4.78, 5) is 12.6. The average molecular weight is 327 g/mol. The number of nitrogens with one attached hydrogen (secondary N) is 2. The van der Waals surface area contributed by atoms with Crippen molar-refractivity contribution >= 4 is 17.5 Å². The van der Waals surface area contributed by atoms with Crippen LogP contribution in [0.5, 0.6) is 0 Å². The molecule has 0 fully saturated rings. The Bertz CT molecular complexity index is 819. The Balaban J connectivity index is 1.79. The van der Waals surface area contributed by atoms with Crippen LogP contribution in [0.3, 0.4) is 0 Å². The van der Waals surface area contributed by atoms with Crippen LogP contribution in [0.25, 0.3) is 0 Å². The molecular formula is C17H15F2N5. The molecule has 2 heterocycles. The van der Waals surface area contributed by atoms with Gasteiger partial charge < -0.3 is 10.6 Å². The highest BCUT2D eigenvalue weighted by Gasteiger charge is 2.11. The molecule has 0 saturated heterocycles. The molecule has 0 bridgehead atoms. The molecule has 0 unspecified atom stereocenters. The predicted octanol–water partition coefficient (Wildman–Crippen LogP) is 3.81. The van der Waals surface area contributed by atoms with E-state index in [0.717, 1.165) is 5.69 Å². The zero-order valence-electron chi connectivity index (χ0n) is 12.9. The Morgan fingerprint density at radius 1 is 1.00 bits per heavy atom. The molecule has 0 atom stereocenters. The molecule has 2 aromatic heterocycles. The standard InChI is InChI=1S/C17H15F2N5/c1-11-9-15(21-10-12-5-2-3-8-20-12)23-17(22-11)24-16-13(18)6-4-7-14(16)19/h2-9H,10H2,1H3,(H2,21,22,23,24). The van der Waals surface area contributed by atoms with E-state index in [1.54, 1.807) is 19.2 Å². The number of pyridine rings is 1. The van der Waals surface area contributed by atoms with Crippen LogP contribution < -0.4 is 10.6 Å². The van der Waals surface area contributed by atoms with Gasteiger partial charge in [0.15, 0.2) is 0 Å². The Labute approximate surface area is 137 Å². The third kappa shape index (κ3) is 3.81. The molecule has 122 valence electrons. The number of benzene rings is 1. The zero-order chi connectivity index (χ0) is 16.9. The fourth-order valence-corrected chi connectivity index (χ4v) is 2.13. The maximum absolute atomic E-state index is 13.7. The van der Waals surface area contributed by atoms with Crippen molar-refractivity contribution in [3.8, 4) is 0 Å². The molecule has 24 heavy (non-hydrogen) atoms. The normalized spacial score (nSPS) is 10.5. The predicted molar refractivity (Wildman–Crippen MR) is 88.0 cm³/mol. The minimum absolute atomic E-state index is 0.113. The van der Waals surface area contributed by atoms with Crippen LogP contribution in [0.1, 0.15) is 11.4 Å². The van der Waals surface area contributed by atoms with Crippen molar-refractivity contribution in [3.05, 3.63) is 71.7 Å². The molecule has 0 saturated carbocycles. The van der Waals surface area contributed by atoms with Gasteiger partial charge in [0.05, 0.1) is 12.2 Å². The molecule has 0 aliphatic rings. The van der Waals surface area contributed by atoms with Gasteiger partial charge in [-0.1, -0.05) is 12.1 Å². The van der Waals surface area contributed by atoms with Gasteiger partial charge in [-0.05, 0) is 31.2 Å². The number of aryl methyl sites for hydroxylation is 1. The molecular weight excluding hydrogens is 312 g/mol. The lowest BCUT2D eigenvalue weighted by Crippen LogP contribution is -2.07. The minimum atomic E-state index is -0.705. The summed E-state index contributed by atoms with van der Waals surface area (Å²) in [5.41, 5.74) is 1.23. The SMILES string of the molecule is Cc1cc(NCc2ccccn2)nc(Nc2c(F)cccc2F)n1. The lowest BCUT2D eigenvalue weighted by molar-refractivity contribution is 0.590. The average Bonchev–Trinajstić information content (AvgIpc) is 2.57. The lowest BCUT2D eigenvalue weighted by atomic mass is 10.3. The van der Waals surface area contributed by atoms with E-state index in [0.29, 0.717) is 18.1 Å². The second kappa shape index (κ2) is 6.99. The molecule has 5 nitrogen and oxygen atoms in total. The molecule has 0 amide bonds.